The van der Waals surface area contributed by atoms with E-state index < -0.39 is 11.4 Å². The van der Waals surface area contributed by atoms with Gasteiger partial charge in [0.1, 0.15) is 18.8 Å². The Morgan fingerprint density at radius 3 is 2.21 bits per heavy atom. The highest BCUT2D eigenvalue weighted by atomic mass is 35.5. The van der Waals surface area contributed by atoms with Crippen LogP contribution < -0.4 is 0 Å². The Hall–Kier alpha value is -0.900. The number of hydrogen-bond donors (Lipinski definition) is 1. The van der Waals surface area contributed by atoms with Crippen LogP contribution in [0.15, 0.2) is 0 Å². The number of ketones is 1. The van der Waals surface area contributed by atoms with Gasteiger partial charge in [-0.3, -0.25) is 9.59 Å². The van der Waals surface area contributed by atoms with E-state index in [4.69, 9.17) is 5.41 Å². The van der Waals surface area contributed by atoms with Gasteiger partial charge >= 0.3 is 5.97 Å². The molecule has 0 aromatic rings. The lowest BCUT2D eigenvalue weighted by Crippen LogP contribution is -2.24. The second kappa shape index (κ2) is 6.54. The average Bonchev–Trinajstić information content (AvgIpc) is 1.99. The van der Waals surface area contributed by atoms with Gasteiger partial charge in [0.25, 0.3) is 0 Å². The number of ether oxygens (including phenoxy) is 1. The highest BCUT2D eigenvalue weighted by molar-refractivity contribution is 5.98. The Kier molecular flexibility index (Phi) is 7.27. The fraction of sp³-hybridized carbons (Fsp3) is 0.667. The van der Waals surface area contributed by atoms with E-state index in [0.29, 0.717) is 0 Å². The molecule has 0 aliphatic carbocycles. The van der Waals surface area contributed by atoms with Gasteiger partial charge < -0.3 is 10.1 Å². The SMILES string of the molecule is CC(C)(C)C(=O)CC(=O)OCC=N.Cl. The summed E-state index contributed by atoms with van der Waals surface area (Å²) in [6.07, 6.45) is 0.761. The van der Waals surface area contributed by atoms with Crippen molar-refractivity contribution in [2.24, 2.45) is 5.41 Å². The van der Waals surface area contributed by atoms with Gasteiger partial charge in [0.2, 0.25) is 0 Å². The van der Waals surface area contributed by atoms with Gasteiger partial charge in [0.05, 0.1) is 0 Å². The summed E-state index contributed by atoms with van der Waals surface area (Å²) in [5.41, 5.74) is -0.510. The molecule has 0 amide bonds. The predicted molar refractivity (Wildman–Crippen MR) is 56.1 cm³/mol. The van der Waals surface area contributed by atoms with E-state index in [9.17, 15) is 9.59 Å². The van der Waals surface area contributed by atoms with E-state index in [1.807, 2.05) is 0 Å². The van der Waals surface area contributed by atoms with Crippen LogP contribution >= 0.6 is 12.4 Å². The number of nitrogens with one attached hydrogen (secondary N) is 1. The molecule has 14 heavy (non-hydrogen) atoms. The Labute approximate surface area is 89.9 Å². The molecule has 1 N–H and O–H groups in total. The first kappa shape index (κ1) is 15.6. The van der Waals surface area contributed by atoms with Crippen molar-refractivity contribution in [1.82, 2.24) is 0 Å². The molecule has 0 saturated carbocycles. The lowest BCUT2D eigenvalue weighted by molar-refractivity contribution is -0.146. The molecule has 0 bridgehead atoms. The van der Waals surface area contributed by atoms with Crippen LogP contribution in [-0.2, 0) is 14.3 Å². The first-order chi connectivity index (χ1) is 5.88. The standard InChI is InChI=1S/C9H15NO3.ClH/c1-9(2,3)7(11)6-8(12)13-5-4-10;/h4,10H,5-6H2,1-3H3;1H. The molecular weight excluding hydrogens is 206 g/mol. The van der Waals surface area contributed by atoms with Crippen LogP contribution in [0.3, 0.4) is 0 Å². The average molecular weight is 222 g/mol. The van der Waals surface area contributed by atoms with Gasteiger partial charge in [-0.05, 0) is 0 Å². The van der Waals surface area contributed by atoms with Crippen LogP contribution in [0.2, 0.25) is 0 Å². The molecule has 0 spiro atoms. The monoisotopic (exact) mass is 221 g/mol. The lowest BCUT2D eigenvalue weighted by Gasteiger charge is -2.15. The summed E-state index contributed by atoms with van der Waals surface area (Å²) in [7, 11) is 0. The van der Waals surface area contributed by atoms with Crippen molar-refractivity contribution in [2.45, 2.75) is 27.2 Å². The van der Waals surface area contributed by atoms with Crippen molar-refractivity contribution in [1.29, 1.82) is 5.41 Å². The second-order valence-electron chi connectivity index (χ2n) is 3.74. The van der Waals surface area contributed by atoms with Gasteiger partial charge in [0, 0.05) is 11.6 Å². The van der Waals surface area contributed by atoms with E-state index >= 15 is 0 Å². The minimum absolute atomic E-state index is 0. The third kappa shape index (κ3) is 6.60. The summed E-state index contributed by atoms with van der Waals surface area (Å²) < 4.78 is 4.55. The maximum Gasteiger partial charge on any atom is 0.313 e. The molecule has 0 aliphatic heterocycles. The van der Waals surface area contributed by atoms with Crippen LogP contribution in [-0.4, -0.2) is 24.6 Å². The number of carbonyl (C=O) groups excluding carboxylic acids is 2. The topological polar surface area (TPSA) is 67.2 Å². The Bertz CT molecular complexity index is 221. The number of rotatable bonds is 4. The zero-order valence-electron chi connectivity index (χ0n) is 8.62. The van der Waals surface area contributed by atoms with Gasteiger partial charge in [-0.1, -0.05) is 20.8 Å². The van der Waals surface area contributed by atoms with Crippen molar-refractivity contribution in [3.8, 4) is 0 Å². The molecule has 0 unspecified atom stereocenters. The van der Waals surface area contributed by atoms with E-state index in [0.717, 1.165) is 6.21 Å². The maximum absolute atomic E-state index is 11.3. The summed E-state index contributed by atoms with van der Waals surface area (Å²) in [5, 5.41) is 6.61. The van der Waals surface area contributed by atoms with Gasteiger partial charge in [-0.15, -0.1) is 12.4 Å². The fourth-order valence-corrected chi connectivity index (χ4v) is 0.582. The van der Waals surface area contributed by atoms with Crippen molar-refractivity contribution in [2.75, 3.05) is 6.61 Å². The lowest BCUT2D eigenvalue weighted by atomic mass is 9.89. The molecule has 0 aromatic heterocycles. The van der Waals surface area contributed by atoms with Crippen molar-refractivity contribution < 1.29 is 14.3 Å². The van der Waals surface area contributed by atoms with Crippen LogP contribution in [0.25, 0.3) is 0 Å². The Balaban J connectivity index is 0. The molecule has 0 rings (SSSR count). The van der Waals surface area contributed by atoms with Crippen molar-refractivity contribution >= 4 is 30.4 Å². The number of halogens is 1. The summed E-state index contributed by atoms with van der Waals surface area (Å²) in [4.78, 5) is 22.2. The molecule has 0 fully saturated rings. The molecule has 0 aromatic carbocycles. The number of hydrogen-bond acceptors (Lipinski definition) is 4. The highest BCUT2D eigenvalue weighted by Crippen LogP contribution is 2.16. The molecule has 82 valence electrons. The fourth-order valence-electron chi connectivity index (χ4n) is 0.582. The normalized spacial score (nSPS) is 9.93. The first-order valence-electron chi connectivity index (χ1n) is 4.06. The minimum atomic E-state index is -0.566. The van der Waals surface area contributed by atoms with Crippen LogP contribution in [0.4, 0.5) is 0 Å². The zero-order chi connectivity index (χ0) is 10.5. The van der Waals surface area contributed by atoms with Crippen LogP contribution in [0.1, 0.15) is 27.2 Å². The third-order valence-electron chi connectivity index (χ3n) is 1.47. The second-order valence-corrected chi connectivity index (χ2v) is 3.74. The number of carbonyl (C=O) groups is 2. The van der Waals surface area contributed by atoms with E-state index in [2.05, 4.69) is 4.74 Å². The highest BCUT2D eigenvalue weighted by Gasteiger charge is 2.23. The third-order valence-corrected chi connectivity index (χ3v) is 1.47. The molecule has 0 atom stereocenters. The minimum Gasteiger partial charge on any atom is -0.460 e. The predicted octanol–water partition coefficient (Wildman–Crippen LogP) is 1.61. The Morgan fingerprint density at radius 2 is 1.86 bits per heavy atom. The molecule has 0 saturated heterocycles. The first-order valence-corrected chi connectivity index (χ1v) is 4.06. The zero-order valence-corrected chi connectivity index (χ0v) is 9.44. The van der Waals surface area contributed by atoms with Gasteiger partial charge in [0.15, 0.2) is 0 Å². The quantitative estimate of drug-likeness (QED) is 0.446. The van der Waals surface area contributed by atoms with Crippen LogP contribution in [0.5, 0.6) is 0 Å². The van der Waals surface area contributed by atoms with Crippen LogP contribution in [0, 0.1) is 10.8 Å². The Morgan fingerprint density at radius 1 is 1.36 bits per heavy atom. The number of esters is 1. The van der Waals surface area contributed by atoms with E-state index in [1.165, 1.54) is 0 Å². The molecule has 0 radical (unpaired) electrons. The summed E-state index contributed by atoms with van der Waals surface area (Å²) in [6, 6.07) is 0. The number of Topliss-reactive ketones (excluding diaryl/α,β-unsaturated/α-hetero) is 1. The molecular formula is C9H16ClNO3. The molecule has 0 aliphatic rings. The van der Waals surface area contributed by atoms with Crippen molar-refractivity contribution in [3.63, 3.8) is 0 Å². The van der Waals surface area contributed by atoms with E-state index in [1.54, 1.807) is 20.8 Å². The maximum atomic E-state index is 11.3. The largest absolute Gasteiger partial charge is 0.460 e. The summed E-state index contributed by atoms with van der Waals surface area (Å²) >= 11 is 0. The van der Waals surface area contributed by atoms with Gasteiger partial charge in [-0.2, -0.15) is 0 Å². The molecule has 0 heterocycles. The molecule has 5 heteroatoms. The summed E-state index contributed by atoms with van der Waals surface area (Å²) in [5.74, 6) is -0.717. The van der Waals surface area contributed by atoms with Gasteiger partial charge in [-0.25, -0.2) is 0 Å². The molecule has 4 nitrogen and oxygen atoms in total. The summed E-state index contributed by atoms with van der Waals surface area (Å²) in [6.45, 7) is 5.19. The van der Waals surface area contributed by atoms with E-state index in [-0.39, 0.29) is 31.2 Å². The smallest absolute Gasteiger partial charge is 0.313 e. The van der Waals surface area contributed by atoms with Crippen molar-refractivity contribution in [3.05, 3.63) is 0 Å².